The predicted octanol–water partition coefficient (Wildman–Crippen LogP) is 1.89. The fourth-order valence-electron chi connectivity index (χ4n) is 0.545. The molecule has 0 bridgehead atoms. The molecule has 1 aromatic carbocycles. The summed E-state index contributed by atoms with van der Waals surface area (Å²) in [6.07, 6.45) is 0. The van der Waals surface area contributed by atoms with Crippen LogP contribution in [0.3, 0.4) is 0 Å². The van der Waals surface area contributed by atoms with Crippen molar-refractivity contribution >= 4 is 5.69 Å². The second-order valence-electron chi connectivity index (χ2n) is 1.83. The SMILES string of the molecule is [2H]Cc1c([2H])c([2H])c([2H])c(C)c1N([2H])[2H]. The second kappa shape index (κ2) is 2.09. The molecule has 1 heteroatoms. The molecule has 1 aromatic rings. The Morgan fingerprint density at radius 2 is 2.44 bits per heavy atom. The molecular weight excluding hydrogens is 110 g/mol. The number of benzene rings is 1. The molecule has 0 saturated carbocycles. The Morgan fingerprint density at radius 1 is 1.67 bits per heavy atom. The molecule has 1 nitrogen and oxygen atoms in total. The molecule has 0 fully saturated rings. The van der Waals surface area contributed by atoms with Crippen molar-refractivity contribution in [2.24, 2.45) is 0 Å². The van der Waals surface area contributed by atoms with Crippen molar-refractivity contribution in [3.63, 3.8) is 0 Å². The number of nitrogens with two attached hydrogens (primary N) is 1. The van der Waals surface area contributed by atoms with Gasteiger partial charge in [-0.25, -0.2) is 0 Å². The van der Waals surface area contributed by atoms with Gasteiger partial charge in [0.2, 0.25) is 0 Å². The van der Waals surface area contributed by atoms with Gasteiger partial charge in [0.15, 0.2) is 2.82 Å². The van der Waals surface area contributed by atoms with E-state index in [0.717, 1.165) is 0 Å². The maximum absolute atomic E-state index is 7.55. The van der Waals surface area contributed by atoms with Crippen LogP contribution in [0.25, 0.3) is 0 Å². The lowest BCUT2D eigenvalue weighted by atomic mass is 10.1. The minimum Gasteiger partial charge on any atom is -0.398 e. The maximum Gasteiger partial charge on any atom is 0.156 e. The Kier molecular flexibility index (Phi) is 0.468. The van der Waals surface area contributed by atoms with Crippen molar-refractivity contribution in [3.8, 4) is 0 Å². The van der Waals surface area contributed by atoms with E-state index in [1.807, 2.05) is 0 Å². The molecule has 0 aliphatic carbocycles. The summed E-state index contributed by atoms with van der Waals surface area (Å²) >= 11 is 0. The van der Waals surface area contributed by atoms with Gasteiger partial charge in [-0.2, -0.15) is 0 Å². The average Bonchev–Trinajstić information content (AvgIpc) is 2.19. The van der Waals surface area contributed by atoms with Crippen LogP contribution in [0.4, 0.5) is 5.69 Å². The first kappa shape index (κ1) is 2.01. The normalized spacial score (nSPS) is 18.3. The van der Waals surface area contributed by atoms with Crippen LogP contribution >= 0.6 is 0 Å². The number of hydrogen-bond donors (Lipinski definition) is 1. The Labute approximate surface area is 64.0 Å². The Hall–Kier alpha value is -0.980. The minimum atomic E-state index is -0.268. The zero-order valence-corrected chi connectivity index (χ0v) is 5.15. The highest BCUT2D eigenvalue weighted by Crippen LogP contribution is 2.13. The maximum atomic E-state index is 7.55. The van der Waals surface area contributed by atoms with E-state index in [9.17, 15) is 0 Å². The zero-order chi connectivity index (χ0) is 11.7. The topological polar surface area (TPSA) is 26.0 Å². The summed E-state index contributed by atoms with van der Waals surface area (Å²) in [6, 6.07) is -0.642. The van der Waals surface area contributed by atoms with Crippen LogP contribution in [-0.2, 0) is 0 Å². The lowest BCUT2D eigenvalue weighted by Crippen LogP contribution is -1.91. The Balaban J connectivity index is 3.62. The van der Waals surface area contributed by atoms with Crippen LogP contribution in [-0.4, -0.2) is 0 Å². The van der Waals surface area contributed by atoms with Crippen LogP contribution in [0.15, 0.2) is 18.1 Å². The van der Waals surface area contributed by atoms with E-state index in [2.05, 4.69) is 0 Å². The highest BCUT2D eigenvalue weighted by atomic mass is 14.6. The second-order valence-corrected chi connectivity index (χ2v) is 1.83. The Morgan fingerprint density at radius 3 is 3.11 bits per heavy atom. The van der Waals surface area contributed by atoms with Crippen molar-refractivity contribution in [3.05, 3.63) is 29.3 Å². The van der Waals surface area contributed by atoms with E-state index in [1.165, 1.54) is 6.92 Å². The summed E-state index contributed by atoms with van der Waals surface area (Å²) in [5, 5.41) is 0. The lowest BCUT2D eigenvalue weighted by molar-refractivity contribution is 1.39. The molecule has 0 atom stereocenters. The van der Waals surface area contributed by atoms with Gasteiger partial charge in [-0.1, -0.05) is 18.1 Å². The van der Waals surface area contributed by atoms with Crippen molar-refractivity contribution in [2.75, 3.05) is 5.72 Å². The fourth-order valence-corrected chi connectivity index (χ4v) is 0.545. The highest BCUT2D eigenvalue weighted by Gasteiger charge is 1.92. The molecule has 1 rings (SSSR count). The van der Waals surface area contributed by atoms with Crippen molar-refractivity contribution < 1.29 is 8.31 Å². The van der Waals surface area contributed by atoms with E-state index < -0.39 is 0 Å². The van der Waals surface area contributed by atoms with Gasteiger partial charge in [-0.3, -0.25) is 0 Å². The van der Waals surface area contributed by atoms with E-state index >= 15 is 0 Å². The first-order valence-corrected chi connectivity index (χ1v) is 2.58. The summed E-state index contributed by atoms with van der Waals surface area (Å²) in [4.78, 5) is 0. The first-order valence-electron chi connectivity index (χ1n) is 5.68. The fraction of sp³-hybridized carbons (Fsp3) is 0.250. The summed E-state index contributed by atoms with van der Waals surface area (Å²) in [5.74, 6) is 0. The van der Waals surface area contributed by atoms with E-state index in [4.69, 9.17) is 8.31 Å². The van der Waals surface area contributed by atoms with Gasteiger partial charge < -0.3 is 5.72 Å². The monoisotopic (exact) mass is 127 g/mol. The molecule has 48 valence electrons. The molecular formula is C8H11N. The van der Waals surface area contributed by atoms with Crippen LogP contribution in [0.2, 0.25) is 2.82 Å². The van der Waals surface area contributed by atoms with Crippen LogP contribution in [0.5, 0.6) is 0 Å². The van der Waals surface area contributed by atoms with Gasteiger partial charge >= 0.3 is 0 Å². The smallest absolute Gasteiger partial charge is 0.156 e. The molecule has 0 radical (unpaired) electrons. The van der Waals surface area contributed by atoms with Crippen molar-refractivity contribution in [1.82, 2.24) is 0 Å². The average molecular weight is 127 g/mol. The third-order valence-electron chi connectivity index (χ3n) is 1.10. The number of rotatable bonds is 1. The van der Waals surface area contributed by atoms with Gasteiger partial charge in [0.25, 0.3) is 0 Å². The largest absolute Gasteiger partial charge is 0.398 e. The van der Waals surface area contributed by atoms with E-state index in [1.54, 1.807) is 0 Å². The molecule has 2 N–H and O–H groups in total. The zero-order valence-electron chi connectivity index (χ0n) is 11.2. The summed E-state index contributed by atoms with van der Waals surface area (Å²) in [5.41, 5.74) is 0.812. The molecule has 0 amide bonds. The molecule has 0 heterocycles. The van der Waals surface area contributed by atoms with Gasteiger partial charge in [-0.15, -0.1) is 0 Å². The number of para-hydroxylation sites is 1. The third-order valence-corrected chi connectivity index (χ3v) is 1.10. The first-order chi connectivity index (χ1) is 6.91. The van der Waals surface area contributed by atoms with Crippen LogP contribution < -0.4 is 5.72 Å². The summed E-state index contributed by atoms with van der Waals surface area (Å²) in [7, 11) is 0. The van der Waals surface area contributed by atoms with Crippen LogP contribution in [0.1, 0.15) is 16.6 Å². The summed E-state index contributed by atoms with van der Waals surface area (Å²) < 4.78 is 44.1. The van der Waals surface area contributed by atoms with Gasteiger partial charge in [0, 0.05) is 7.06 Å². The van der Waals surface area contributed by atoms with E-state index in [-0.39, 0.29) is 36.3 Å². The molecule has 0 unspecified atom stereocenters. The highest BCUT2D eigenvalue weighted by molar-refractivity contribution is 5.52. The molecule has 0 spiro atoms. The number of hydrogen-bond acceptors (Lipinski definition) is 1. The minimum absolute atomic E-state index is 0.0657. The lowest BCUT2D eigenvalue weighted by Gasteiger charge is -2.00. The molecule has 0 saturated heterocycles. The van der Waals surface area contributed by atoms with Gasteiger partial charge in [0.1, 0.15) is 0 Å². The third kappa shape index (κ3) is 1.04. The Bertz CT molecular complexity index is 389. The molecule has 0 aromatic heterocycles. The van der Waals surface area contributed by atoms with Gasteiger partial charge in [0.05, 0.1) is 4.11 Å². The van der Waals surface area contributed by atoms with E-state index in [0.29, 0.717) is 11.3 Å². The molecule has 0 aliphatic heterocycles. The quantitative estimate of drug-likeness (QED) is 0.573. The van der Waals surface area contributed by atoms with Crippen molar-refractivity contribution in [2.45, 2.75) is 13.8 Å². The summed E-state index contributed by atoms with van der Waals surface area (Å²) in [6.45, 7) is 1.25. The molecule has 9 heavy (non-hydrogen) atoms. The molecule has 0 aliphatic rings. The number of anilines is 1. The predicted molar refractivity (Wildman–Crippen MR) is 40.3 cm³/mol. The van der Waals surface area contributed by atoms with Gasteiger partial charge in [-0.05, 0) is 25.0 Å². The van der Waals surface area contributed by atoms with Crippen LogP contribution in [0, 0.1) is 13.8 Å². The number of nitrogen functional groups attached to an aromatic ring is 1. The van der Waals surface area contributed by atoms with Crippen molar-refractivity contribution in [1.29, 1.82) is 0 Å². The standard InChI is InChI=1S/C8H11N/c1-6-4-3-5-7(2)8(6)9/h3-5H,9H2,1-2H3/i1D,3D,4D,5D/hD2.